The van der Waals surface area contributed by atoms with E-state index in [9.17, 15) is 4.79 Å². The van der Waals surface area contributed by atoms with E-state index in [-0.39, 0.29) is 12.5 Å². The summed E-state index contributed by atoms with van der Waals surface area (Å²) in [6.45, 7) is 0.183. The van der Waals surface area contributed by atoms with Crippen LogP contribution in [-0.4, -0.2) is 38.6 Å². The highest BCUT2D eigenvalue weighted by atomic mass is 35.5. The average Bonchev–Trinajstić information content (AvgIpc) is 3.26. The first kappa shape index (κ1) is 18.1. The van der Waals surface area contributed by atoms with Crippen LogP contribution in [-0.2, 0) is 11.8 Å². The molecule has 24 heavy (non-hydrogen) atoms. The number of aryl methyl sites for hydroxylation is 1. The van der Waals surface area contributed by atoms with Gasteiger partial charge in [-0.15, -0.1) is 22.9 Å². The molecule has 0 spiro atoms. The van der Waals surface area contributed by atoms with Crippen LogP contribution >= 0.6 is 22.9 Å². The van der Waals surface area contributed by atoms with E-state index in [4.69, 9.17) is 0 Å². The third-order valence-corrected chi connectivity index (χ3v) is 3.72. The Balaban J connectivity index is 0.00000100. The molecule has 0 radical (unpaired) electrons. The van der Waals surface area contributed by atoms with E-state index in [0.29, 0.717) is 5.13 Å². The van der Waals surface area contributed by atoms with Crippen molar-refractivity contribution in [3.63, 3.8) is 0 Å². The molecule has 0 saturated heterocycles. The molecule has 3 aromatic rings. The third-order valence-electron chi connectivity index (χ3n) is 2.97. The maximum atomic E-state index is 11.3. The van der Waals surface area contributed by atoms with Gasteiger partial charge in [0, 0.05) is 25.0 Å². The molecule has 3 aromatic heterocycles. The number of rotatable bonds is 4. The largest absolute Gasteiger partial charge is 0.350 e. The molecule has 126 valence electrons. The minimum atomic E-state index is -0.156. The second-order valence-corrected chi connectivity index (χ2v) is 5.48. The van der Waals surface area contributed by atoms with Crippen LogP contribution < -0.4 is 11.1 Å². The molecule has 3 rings (SSSR count). The highest BCUT2D eigenvalue weighted by Crippen LogP contribution is 2.25. The van der Waals surface area contributed by atoms with Crippen LogP contribution in [0.4, 0.5) is 5.13 Å². The zero-order valence-corrected chi connectivity index (χ0v) is 14.9. The van der Waals surface area contributed by atoms with Crippen LogP contribution in [0.1, 0.15) is 0 Å². The number of nitrogens with zero attached hydrogens (tertiary/aromatic N) is 4. The van der Waals surface area contributed by atoms with Crippen molar-refractivity contribution in [2.24, 2.45) is 7.05 Å². The number of hydrogen-bond donors (Lipinski definition) is 2. The number of thiazole rings is 1. The standard InChI is InChI=1S/C14H14N6OS.CH3Cl/c1-20-6-5-11(19-20)9-3-2-4-10(16-9)12-8-22-14(17-12)18-13(21)7-15;1-2/h2-6,8H,7,15H2,1H3,(H,17,18,21);1H3/p+1. The minimum absolute atomic E-state index is 0.156. The number of halogens is 1. The van der Waals surface area contributed by atoms with Gasteiger partial charge in [0.05, 0.1) is 11.4 Å². The van der Waals surface area contributed by atoms with Gasteiger partial charge in [-0.25, -0.2) is 9.97 Å². The molecule has 0 aromatic carbocycles. The summed E-state index contributed by atoms with van der Waals surface area (Å²) < 4.78 is 1.74. The molecular formula is C15H18ClN6OS+. The Bertz CT molecular complexity index is 816. The summed E-state index contributed by atoms with van der Waals surface area (Å²) in [7, 11) is 1.87. The van der Waals surface area contributed by atoms with E-state index in [2.05, 4.69) is 37.7 Å². The number of aromatic nitrogens is 4. The van der Waals surface area contributed by atoms with Crippen molar-refractivity contribution in [3.05, 3.63) is 35.8 Å². The summed E-state index contributed by atoms with van der Waals surface area (Å²) >= 11 is 6.00. The number of nitrogens with one attached hydrogen (secondary N) is 1. The Kier molecular flexibility index (Phi) is 6.42. The summed E-state index contributed by atoms with van der Waals surface area (Å²) in [6, 6.07) is 7.62. The molecule has 0 saturated carbocycles. The Morgan fingerprint density at radius 3 is 2.54 bits per heavy atom. The molecule has 0 unspecified atom stereocenters. The Morgan fingerprint density at radius 1 is 1.21 bits per heavy atom. The van der Waals surface area contributed by atoms with Crippen LogP contribution in [0.15, 0.2) is 35.8 Å². The zero-order chi connectivity index (χ0) is 17.5. The summed E-state index contributed by atoms with van der Waals surface area (Å²) in [6.07, 6.45) is 3.35. The van der Waals surface area contributed by atoms with Gasteiger partial charge >= 0.3 is 0 Å². The fraction of sp³-hybridized carbons (Fsp3) is 0.200. The first-order valence-electron chi connectivity index (χ1n) is 7.05. The number of carbonyl (C=O) groups is 1. The maximum absolute atomic E-state index is 11.3. The predicted molar refractivity (Wildman–Crippen MR) is 95.7 cm³/mol. The first-order valence-corrected chi connectivity index (χ1v) is 8.69. The normalized spacial score (nSPS) is 10.0. The number of quaternary nitrogens is 1. The molecule has 4 N–H and O–H groups in total. The van der Waals surface area contributed by atoms with E-state index >= 15 is 0 Å². The number of pyridine rings is 1. The predicted octanol–water partition coefficient (Wildman–Crippen LogP) is 1.64. The molecule has 0 aliphatic heterocycles. The average molecular weight is 366 g/mol. The summed E-state index contributed by atoms with van der Waals surface area (Å²) in [4.78, 5) is 20.3. The van der Waals surface area contributed by atoms with Crippen LogP contribution in [0, 0.1) is 0 Å². The molecule has 0 fully saturated rings. The van der Waals surface area contributed by atoms with Gasteiger partial charge in [0.2, 0.25) is 0 Å². The van der Waals surface area contributed by atoms with Crippen molar-refractivity contribution < 1.29 is 10.5 Å². The fourth-order valence-corrected chi connectivity index (χ4v) is 2.62. The van der Waals surface area contributed by atoms with E-state index in [1.165, 1.54) is 17.7 Å². The van der Waals surface area contributed by atoms with Crippen LogP contribution in [0.5, 0.6) is 0 Å². The second kappa shape index (κ2) is 8.53. The van der Waals surface area contributed by atoms with Crippen molar-refractivity contribution in [2.75, 3.05) is 18.2 Å². The molecular weight excluding hydrogens is 348 g/mol. The van der Waals surface area contributed by atoms with Gasteiger partial charge < -0.3 is 5.73 Å². The van der Waals surface area contributed by atoms with Gasteiger partial charge in [-0.3, -0.25) is 14.8 Å². The number of anilines is 1. The van der Waals surface area contributed by atoms with Crippen LogP contribution in [0.2, 0.25) is 0 Å². The molecule has 0 aliphatic rings. The van der Waals surface area contributed by atoms with E-state index in [1.54, 1.807) is 4.68 Å². The number of amides is 1. The third kappa shape index (κ3) is 4.38. The first-order chi connectivity index (χ1) is 11.7. The SMILES string of the molecule is CCl.Cn1ccc(-c2cccc(-c3csc(NC(=O)C[NH3+])n3)n2)n1. The minimum Gasteiger partial charge on any atom is -0.350 e. The molecule has 9 heteroatoms. The Hall–Kier alpha value is -2.29. The van der Waals surface area contributed by atoms with E-state index in [1.807, 2.05) is 42.9 Å². The quantitative estimate of drug-likeness (QED) is 0.686. The molecule has 0 atom stereocenters. The summed E-state index contributed by atoms with van der Waals surface area (Å²) in [5.41, 5.74) is 6.60. The molecule has 0 aliphatic carbocycles. The molecule has 0 bridgehead atoms. The molecule has 3 heterocycles. The van der Waals surface area contributed by atoms with Gasteiger partial charge in [-0.2, -0.15) is 5.10 Å². The number of carbonyl (C=O) groups excluding carboxylic acids is 1. The lowest BCUT2D eigenvalue weighted by Gasteiger charge is -2.00. The topological polar surface area (TPSA) is 100 Å². The van der Waals surface area contributed by atoms with E-state index in [0.717, 1.165) is 22.8 Å². The highest BCUT2D eigenvalue weighted by Gasteiger charge is 2.10. The van der Waals surface area contributed by atoms with E-state index < -0.39 is 0 Å². The molecule has 7 nitrogen and oxygen atoms in total. The van der Waals surface area contributed by atoms with Crippen LogP contribution in [0.25, 0.3) is 22.8 Å². The zero-order valence-electron chi connectivity index (χ0n) is 13.4. The summed E-state index contributed by atoms with van der Waals surface area (Å²) in [5.74, 6) is -0.156. The van der Waals surface area contributed by atoms with Gasteiger partial charge in [-0.05, 0) is 18.2 Å². The number of hydrogen-bond acceptors (Lipinski definition) is 5. The van der Waals surface area contributed by atoms with Gasteiger partial charge in [0.15, 0.2) is 11.7 Å². The Labute approximate surface area is 148 Å². The summed E-state index contributed by atoms with van der Waals surface area (Å²) in [5, 5.41) is 9.45. The monoisotopic (exact) mass is 365 g/mol. The van der Waals surface area contributed by atoms with Gasteiger partial charge in [-0.1, -0.05) is 6.07 Å². The van der Waals surface area contributed by atoms with Gasteiger partial charge in [0.1, 0.15) is 11.4 Å². The van der Waals surface area contributed by atoms with Crippen molar-refractivity contribution in [2.45, 2.75) is 0 Å². The van der Waals surface area contributed by atoms with Crippen LogP contribution in [0.3, 0.4) is 0 Å². The maximum Gasteiger partial charge on any atom is 0.281 e. The smallest absolute Gasteiger partial charge is 0.281 e. The van der Waals surface area contributed by atoms with Crippen molar-refractivity contribution >= 4 is 34.0 Å². The molecule has 1 amide bonds. The number of alkyl halides is 1. The second-order valence-electron chi connectivity index (χ2n) is 4.62. The fourth-order valence-electron chi connectivity index (χ4n) is 1.90. The van der Waals surface area contributed by atoms with Crippen molar-refractivity contribution in [1.82, 2.24) is 19.7 Å². The lowest BCUT2D eigenvalue weighted by molar-refractivity contribution is -0.353. The van der Waals surface area contributed by atoms with Gasteiger partial charge in [0.25, 0.3) is 5.91 Å². The lowest BCUT2D eigenvalue weighted by atomic mass is 10.2. The van der Waals surface area contributed by atoms with Crippen molar-refractivity contribution in [3.8, 4) is 22.8 Å². The lowest BCUT2D eigenvalue weighted by Crippen LogP contribution is -2.55. The highest BCUT2D eigenvalue weighted by molar-refractivity contribution is 7.14. The Morgan fingerprint density at radius 2 is 1.92 bits per heavy atom. The van der Waals surface area contributed by atoms with Crippen molar-refractivity contribution in [1.29, 1.82) is 0 Å².